The lowest BCUT2D eigenvalue weighted by molar-refractivity contribution is -0.385. The van der Waals surface area contributed by atoms with Crippen molar-refractivity contribution in [1.82, 2.24) is 0 Å². The van der Waals surface area contributed by atoms with E-state index in [-0.39, 0.29) is 17.5 Å². The Balaban J connectivity index is 2.28. The molecule has 5 nitrogen and oxygen atoms in total. The van der Waals surface area contributed by atoms with Crippen LogP contribution in [0.1, 0.15) is 24.1 Å². The number of rotatable bonds is 4. The van der Waals surface area contributed by atoms with Gasteiger partial charge in [-0.05, 0) is 43.2 Å². The molecular formula is C15H16N2O3. The minimum atomic E-state index is -0.446. The molecular weight excluding hydrogens is 256 g/mol. The SMILES string of the molecule is Cc1ccc(Oc2ccc(C(C)N)cc2)c([N+](=O)[O-])c1. The van der Waals surface area contributed by atoms with Crippen molar-refractivity contribution in [2.45, 2.75) is 19.9 Å². The second-order valence-electron chi connectivity index (χ2n) is 4.69. The maximum atomic E-state index is 11.0. The van der Waals surface area contributed by atoms with Crippen LogP contribution in [-0.4, -0.2) is 4.92 Å². The summed E-state index contributed by atoms with van der Waals surface area (Å²) < 4.78 is 5.58. The Morgan fingerprint density at radius 3 is 2.40 bits per heavy atom. The maximum absolute atomic E-state index is 11.0. The molecule has 0 saturated heterocycles. The highest BCUT2D eigenvalue weighted by Crippen LogP contribution is 2.32. The van der Waals surface area contributed by atoms with Gasteiger partial charge in [-0.1, -0.05) is 18.2 Å². The fourth-order valence-corrected chi connectivity index (χ4v) is 1.82. The van der Waals surface area contributed by atoms with E-state index in [0.717, 1.165) is 11.1 Å². The molecule has 0 spiro atoms. The van der Waals surface area contributed by atoms with Gasteiger partial charge in [0.25, 0.3) is 0 Å². The Morgan fingerprint density at radius 2 is 1.85 bits per heavy atom. The number of benzene rings is 2. The van der Waals surface area contributed by atoms with Crippen LogP contribution in [0.25, 0.3) is 0 Å². The highest BCUT2D eigenvalue weighted by molar-refractivity contribution is 5.50. The third-order valence-electron chi connectivity index (χ3n) is 2.94. The first-order chi connectivity index (χ1) is 9.47. The topological polar surface area (TPSA) is 78.4 Å². The molecule has 0 fully saturated rings. The third kappa shape index (κ3) is 3.13. The third-order valence-corrected chi connectivity index (χ3v) is 2.94. The highest BCUT2D eigenvalue weighted by Gasteiger charge is 2.15. The average Bonchev–Trinajstić information content (AvgIpc) is 2.41. The summed E-state index contributed by atoms with van der Waals surface area (Å²) in [6, 6.07) is 12.0. The normalized spacial score (nSPS) is 11.9. The molecule has 0 radical (unpaired) electrons. The first-order valence-corrected chi connectivity index (χ1v) is 6.26. The number of hydrogen-bond donors (Lipinski definition) is 1. The minimum absolute atomic E-state index is 0.0405. The van der Waals surface area contributed by atoms with E-state index in [1.54, 1.807) is 31.2 Å². The molecule has 2 aromatic carbocycles. The molecule has 2 aromatic rings. The molecule has 1 unspecified atom stereocenters. The molecule has 0 aromatic heterocycles. The van der Waals surface area contributed by atoms with Gasteiger partial charge in [0.1, 0.15) is 5.75 Å². The summed E-state index contributed by atoms with van der Waals surface area (Å²) in [6.45, 7) is 3.69. The number of ether oxygens (including phenoxy) is 1. The zero-order valence-electron chi connectivity index (χ0n) is 11.4. The molecule has 0 amide bonds. The maximum Gasteiger partial charge on any atom is 0.311 e. The molecule has 5 heteroatoms. The van der Waals surface area contributed by atoms with Gasteiger partial charge >= 0.3 is 5.69 Å². The Kier molecular flexibility index (Phi) is 4.00. The van der Waals surface area contributed by atoms with Crippen LogP contribution in [0.2, 0.25) is 0 Å². The fraction of sp³-hybridized carbons (Fsp3) is 0.200. The van der Waals surface area contributed by atoms with E-state index in [0.29, 0.717) is 5.75 Å². The van der Waals surface area contributed by atoms with Crippen molar-refractivity contribution < 1.29 is 9.66 Å². The summed E-state index contributed by atoms with van der Waals surface area (Å²) in [5.74, 6) is 0.774. The van der Waals surface area contributed by atoms with Gasteiger partial charge in [-0.2, -0.15) is 0 Å². The minimum Gasteiger partial charge on any atom is -0.450 e. The van der Waals surface area contributed by atoms with Gasteiger partial charge in [0, 0.05) is 12.1 Å². The van der Waals surface area contributed by atoms with Crippen molar-refractivity contribution in [1.29, 1.82) is 0 Å². The van der Waals surface area contributed by atoms with Gasteiger partial charge in [0.15, 0.2) is 0 Å². The predicted molar refractivity (Wildman–Crippen MR) is 77.0 cm³/mol. The standard InChI is InChI=1S/C15H16N2O3/c1-10-3-8-15(14(9-10)17(18)19)20-13-6-4-12(5-7-13)11(2)16/h3-9,11H,16H2,1-2H3. The first kappa shape index (κ1) is 14.0. The van der Waals surface area contributed by atoms with Crippen LogP contribution in [0.4, 0.5) is 5.69 Å². The van der Waals surface area contributed by atoms with Crippen molar-refractivity contribution >= 4 is 5.69 Å². The van der Waals surface area contributed by atoms with Gasteiger partial charge in [-0.3, -0.25) is 10.1 Å². The van der Waals surface area contributed by atoms with Crippen LogP contribution >= 0.6 is 0 Å². The summed E-state index contributed by atoms with van der Waals surface area (Å²) in [5, 5.41) is 11.0. The summed E-state index contributed by atoms with van der Waals surface area (Å²) in [6.07, 6.45) is 0. The molecule has 0 aliphatic heterocycles. The van der Waals surface area contributed by atoms with Gasteiger partial charge in [0.05, 0.1) is 4.92 Å². The molecule has 0 bridgehead atoms. The van der Waals surface area contributed by atoms with Gasteiger partial charge in [-0.25, -0.2) is 0 Å². The van der Waals surface area contributed by atoms with E-state index in [2.05, 4.69) is 0 Å². The molecule has 2 N–H and O–H groups in total. The van der Waals surface area contributed by atoms with Gasteiger partial charge in [-0.15, -0.1) is 0 Å². The van der Waals surface area contributed by atoms with E-state index in [1.165, 1.54) is 6.07 Å². The number of nitro benzene ring substituents is 1. The Bertz CT molecular complexity index is 622. The van der Waals surface area contributed by atoms with Gasteiger partial charge < -0.3 is 10.5 Å². The van der Waals surface area contributed by atoms with Crippen LogP contribution in [0, 0.1) is 17.0 Å². The van der Waals surface area contributed by atoms with Crippen LogP contribution in [0.3, 0.4) is 0 Å². The smallest absolute Gasteiger partial charge is 0.311 e. The average molecular weight is 272 g/mol. The molecule has 0 aliphatic carbocycles. The number of hydrogen-bond acceptors (Lipinski definition) is 4. The van der Waals surface area contributed by atoms with Crippen molar-refractivity contribution in [3.63, 3.8) is 0 Å². The number of nitrogens with zero attached hydrogens (tertiary/aromatic N) is 1. The quantitative estimate of drug-likeness (QED) is 0.679. The molecule has 0 saturated carbocycles. The van der Waals surface area contributed by atoms with E-state index < -0.39 is 4.92 Å². The second-order valence-corrected chi connectivity index (χ2v) is 4.69. The number of nitro groups is 1. The largest absolute Gasteiger partial charge is 0.450 e. The lowest BCUT2D eigenvalue weighted by Crippen LogP contribution is -2.04. The summed E-state index contributed by atoms with van der Waals surface area (Å²) in [4.78, 5) is 10.6. The lowest BCUT2D eigenvalue weighted by atomic mass is 10.1. The Hall–Kier alpha value is -2.40. The van der Waals surface area contributed by atoms with E-state index in [4.69, 9.17) is 10.5 Å². The van der Waals surface area contributed by atoms with E-state index >= 15 is 0 Å². The van der Waals surface area contributed by atoms with E-state index in [9.17, 15) is 10.1 Å². The predicted octanol–water partition coefficient (Wildman–Crippen LogP) is 3.72. The van der Waals surface area contributed by atoms with Gasteiger partial charge in [0.2, 0.25) is 5.75 Å². The van der Waals surface area contributed by atoms with Crippen LogP contribution in [-0.2, 0) is 0 Å². The van der Waals surface area contributed by atoms with Crippen LogP contribution in [0.5, 0.6) is 11.5 Å². The number of nitrogens with two attached hydrogens (primary N) is 1. The first-order valence-electron chi connectivity index (χ1n) is 6.26. The second kappa shape index (κ2) is 5.71. The Labute approximate surface area is 117 Å². The van der Waals surface area contributed by atoms with Crippen molar-refractivity contribution in [2.75, 3.05) is 0 Å². The van der Waals surface area contributed by atoms with Crippen molar-refractivity contribution in [2.24, 2.45) is 5.73 Å². The highest BCUT2D eigenvalue weighted by atomic mass is 16.6. The van der Waals surface area contributed by atoms with Crippen molar-refractivity contribution in [3.8, 4) is 11.5 Å². The fourth-order valence-electron chi connectivity index (χ4n) is 1.82. The molecule has 104 valence electrons. The van der Waals surface area contributed by atoms with Crippen molar-refractivity contribution in [3.05, 3.63) is 63.7 Å². The Morgan fingerprint density at radius 1 is 1.20 bits per heavy atom. The molecule has 1 atom stereocenters. The molecule has 0 heterocycles. The summed E-state index contributed by atoms with van der Waals surface area (Å²) in [7, 11) is 0. The van der Waals surface area contributed by atoms with Crippen LogP contribution in [0.15, 0.2) is 42.5 Å². The molecule has 20 heavy (non-hydrogen) atoms. The zero-order chi connectivity index (χ0) is 14.7. The zero-order valence-corrected chi connectivity index (χ0v) is 11.4. The number of aryl methyl sites for hydroxylation is 1. The summed E-state index contributed by atoms with van der Waals surface area (Å²) >= 11 is 0. The lowest BCUT2D eigenvalue weighted by Gasteiger charge is -2.09. The molecule has 2 rings (SSSR count). The molecule has 0 aliphatic rings. The van der Waals surface area contributed by atoms with E-state index in [1.807, 2.05) is 19.1 Å². The monoisotopic (exact) mass is 272 g/mol. The van der Waals surface area contributed by atoms with Crippen LogP contribution < -0.4 is 10.5 Å². The summed E-state index contributed by atoms with van der Waals surface area (Å²) in [5.41, 5.74) is 7.52.